The van der Waals surface area contributed by atoms with Crippen molar-refractivity contribution in [1.29, 1.82) is 0 Å². The fraction of sp³-hybridized carbons (Fsp3) is 0.150. The van der Waals surface area contributed by atoms with E-state index in [0.29, 0.717) is 11.5 Å². The lowest BCUT2D eigenvalue weighted by Crippen LogP contribution is -2.17. The van der Waals surface area contributed by atoms with Crippen LogP contribution in [0, 0.1) is 32.4 Å². The van der Waals surface area contributed by atoms with Gasteiger partial charge in [-0.2, -0.15) is 0 Å². The molecule has 1 heterocycles. The van der Waals surface area contributed by atoms with Gasteiger partial charge in [0, 0.05) is 11.8 Å². The number of rotatable bonds is 4. The van der Waals surface area contributed by atoms with E-state index in [1.54, 1.807) is 6.92 Å². The van der Waals surface area contributed by atoms with E-state index in [1.165, 1.54) is 12.1 Å². The van der Waals surface area contributed by atoms with Crippen molar-refractivity contribution in [3.8, 4) is 0 Å². The average Bonchev–Trinajstić information content (AvgIpc) is 2.61. The van der Waals surface area contributed by atoms with E-state index in [2.05, 4.69) is 20.6 Å². The second kappa shape index (κ2) is 7.49. The summed E-state index contributed by atoms with van der Waals surface area (Å²) in [4.78, 5) is 20.9. The molecule has 7 heteroatoms. The summed E-state index contributed by atoms with van der Waals surface area (Å²) < 4.78 is 27.7. The number of para-hydroxylation sites is 2. The van der Waals surface area contributed by atoms with Crippen LogP contribution in [0.2, 0.25) is 0 Å². The zero-order chi connectivity index (χ0) is 19.6. The Morgan fingerprint density at radius 1 is 0.889 bits per heavy atom. The van der Waals surface area contributed by atoms with E-state index in [4.69, 9.17) is 0 Å². The van der Waals surface area contributed by atoms with Gasteiger partial charge in [-0.15, -0.1) is 0 Å². The van der Waals surface area contributed by atoms with E-state index >= 15 is 0 Å². The van der Waals surface area contributed by atoms with Crippen LogP contribution in [0.3, 0.4) is 0 Å². The molecule has 0 aliphatic rings. The number of hydrogen-bond donors (Lipinski definition) is 2. The van der Waals surface area contributed by atoms with E-state index in [1.807, 2.05) is 32.0 Å². The number of carbonyl (C=O) groups excluding carboxylic acids is 1. The minimum atomic E-state index is -0.757. The zero-order valence-corrected chi connectivity index (χ0v) is 15.1. The zero-order valence-electron chi connectivity index (χ0n) is 15.1. The van der Waals surface area contributed by atoms with Gasteiger partial charge >= 0.3 is 0 Å². The summed E-state index contributed by atoms with van der Waals surface area (Å²) in [6.45, 7) is 5.38. The molecule has 0 aliphatic heterocycles. The molecule has 0 saturated heterocycles. The van der Waals surface area contributed by atoms with E-state index in [-0.39, 0.29) is 17.2 Å². The Kier molecular flexibility index (Phi) is 5.12. The van der Waals surface area contributed by atoms with Gasteiger partial charge in [0.05, 0.1) is 0 Å². The first-order valence-electron chi connectivity index (χ1n) is 8.29. The third-order valence-electron chi connectivity index (χ3n) is 4.01. The SMILES string of the molecule is Cc1nc(Nc2c(F)cccc2F)cc(C(=O)Nc2c(C)cccc2C)n1. The molecule has 0 spiro atoms. The van der Waals surface area contributed by atoms with Gasteiger partial charge in [0.25, 0.3) is 5.91 Å². The Balaban J connectivity index is 1.90. The number of nitrogens with one attached hydrogen (secondary N) is 2. The second-order valence-electron chi connectivity index (χ2n) is 6.13. The summed E-state index contributed by atoms with van der Waals surface area (Å²) in [6.07, 6.45) is 0. The first-order valence-corrected chi connectivity index (χ1v) is 8.29. The molecule has 0 atom stereocenters. The van der Waals surface area contributed by atoms with Gasteiger partial charge in [0.15, 0.2) is 0 Å². The topological polar surface area (TPSA) is 66.9 Å². The number of hydrogen-bond acceptors (Lipinski definition) is 4. The Morgan fingerprint density at radius 2 is 1.48 bits per heavy atom. The predicted octanol–water partition coefficient (Wildman–Crippen LogP) is 4.68. The van der Waals surface area contributed by atoms with Crippen LogP contribution in [0.5, 0.6) is 0 Å². The minimum absolute atomic E-state index is 0.0874. The number of amides is 1. The molecule has 0 aliphatic carbocycles. The molecule has 1 amide bonds. The van der Waals surface area contributed by atoms with Crippen LogP contribution in [-0.4, -0.2) is 15.9 Å². The van der Waals surface area contributed by atoms with Crippen LogP contribution in [0.1, 0.15) is 27.4 Å². The van der Waals surface area contributed by atoms with Gasteiger partial charge in [-0.05, 0) is 44.0 Å². The average molecular weight is 368 g/mol. The summed E-state index contributed by atoms with van der Waals surface area (Å²) >= 11 is 0. The monoisotopic (exact) mass is 368 g/mol. The number of anilines is 3. The van der Waals surface area contributed by atoms with Crippen molar-refractivity contribution < 1.29 is 13.6 Å². The van der Waals surface area contributed by atoms with Crippen molar-refractivity contribution in [2.75, 3.05) is 10.6 Å². The third kappa shape index (κ3) is 4.08. The predicted molar refractivity (Wildman–Crippen MR) is 100 cm³/mol. The maximum absolute atomic E-state index is 13.8. The van der Waals surface area contributed by atoms with Crippen LogP contribution in [-0.2, 0) is 0 Å². The van der Waals surface area contributed by atoms with Crippen LogP contribution >= 0.6 is 0 Å². The molecule has 3 aromatic rings. The van der Waals surface area contributed by atoms with Gasteiger partial charge in [0.1, 0.15) is 34.7 Å². The van der Waals surface area contributed by atoms with Crippen molar-refractivity contribution in [3.05, 3.63) is 76.7 Å². The fourth-order valence-corrected chi connectivity index (χ4v) is 2.68. The molecule has 0 radical (unpaired) electrons. The van der Waals surface area contributed by atoms with Gasteiger partial charge in [-0.1, -0.05) is 24.3 Å². The maximum atomic E-state index is 13.8. The first-order chi connectivity index (χ1) is 12.8. The smallest absolute Gasteiger partial charge is 0.274 e. The lowest BCUT2D eigenvalue weighted by molar-refractivity contribution is 0.102. The largest absolute Gasteiger partial charge is 0.335 e. The highest BCUT2D eigenvalue weighted by atomic mass is 19.1. The Morgan fingerprint density at radius 3 is 2.11 bits per heavy atom. The van der Waals surface area contributed by atoms with Crippen molar-refractivity contribution in [2.45, 2.75) is 20.8 Å². The molecule has 1 aromatic heterocycles. The molecule has 0 fully saturated rings. The lowest BCUT2D eigenvalue weighted by atomic mass is 10.1. The summed E-state index contributed by atoms with van der Waals surface area (Å²) in [6, 6.07) is 10.6. The highest BCUT2D eigenvalue weighted by Gasteiger charge is 2.15. The van der Waals surface area contributed by atoms with E-state index in [0.717, 1.165) is 23.3 Å². The highest BCUT2D eigenvalue weighted by molar-refractivity contribution is 6.04. The summed E-state index contributed by atoms with van der Waals surface area (Å²) in [5.41, 5.74) is 2.29. The second-order valence-corrected chi connectivity index (χ2v) is 6.13. The van der Waals surface area contributed by atoms with Crippen LogP contribution < -0.4 is 10.6 Å². The Bertz CT molecular complexity index is 980. The highest BCUT2D eigenvalue weighted by Crippen LogP contribution is 2.23. The van der Waals surface area contributed by atoms with Crippen molar-refractivity contribution in [3.63, 3.8) is 0 Å². The number of aromatic nitrogens is 2. The fourth-order valence-electron chi connectivity index (χ4n) is 2.68. The van der Waals surface area contributed by atoms with Gasteiger partial charge < -0.3 is 10.6 Å². The third-order valence-corrected chi connectivity index (χ3v) is 4.01. The summed E-state index contributed by atoms with van der Waals surface area (Å²) in [5.74, 6) is -1.53. The Labute approximate surface area is 155 Å². The van der Waals surface area contributed by atoms with Crippen LogP contribution in [0.25, 0.3) is 0 Å². The molecule has 5 nitrogen and oxygen atoms in total. The van der Waals surface area contributed by atoms with Crippen molar-refractivity contribution in [1.82, 2.24) is 9.97 Å². The molecule has 27 heavy (non-hydrogen) atoms. The first kappa shape index (κ1) is 18.4. The standard InChI is InChI=1S/C20H18F2N4O/c1-11-6-4-7-12(2)18(11)26-20(27)16-10-17(24-13(3)23-16)25-19-14(21)8-5-9-15(19)22/h4-10H,1-3H3,(H,26,27)(H,23,24,25). The molecular weight excluding hydrogens is 350 g/mol. The minimum Gasteiger partial charge on any atom is -0.335 e. The molecule has 2 aromatic carbocycles. The molecule has 0 bridgehead atoms. The number of halogens is 2. The number of benzene rings is 2. The van der Waals surface area contributed by atoms with Crippen LogP contribution in [0.4, 0.5) is 26.0 Å². The number of nitrogens with zero attached hydrogens (tertiary/aromatic N) is 2. The lowest BCUT2D eigenvalue weighted by Gasteiger charge is -2.13. The summed E-state index contributed by atoms with van der Waals surface area (Å²) in [7, 11) is 0. The van der Waals surface area contributed by atoms with Crippen molar-refractivity contribution in [2.24, 2.45) is 0 Å². The van der Waals surface area contributed by atoms with Gasteiger partial charge in [-0.25, -0.2) is 18.7 Å². The number of aryl methyl sites for hydroxylation is 3. The molecule has 2 N–H and O–H groups in total. The molecule has 0 saturated carbocycles. The maximum Gasteiger partial charge on any atom is 0.274 e. The number of carbonyl (C=O) groups is 1. The van der Waals surface area contributed by atoms with Gasteiger partial charge in [0.2, 0.25) is 0 Å². The normalized spacial score (nSPS) is 10.6. The van der Waals surface area contributed by atoms with Crippen molar-refractivity contribution >= 4 is 23.1 Å². The Hall–Kier alpha value is -3.35. The summed E-state index contributed by atoms with van der Waals surface area (Å²) in [5, 5.41) is 5.41. The van der Waals surface area contributed by atoms with E-state index in [9.17, 15) is 13.6 Å². The van der Waals surface area contributed by atoms with Gasteiger partial charge in [-0.3, -0.25) is 4.79 Å². The molecule has 3 rings (SSSR count). The molecule has 0 unspecified atom stereocenters. The molecular formula is C20H18F2N4O. The molecule has 138 valence electrons. The quantitative estimate of drug-likeness (QED) is 0.702. The van der Waals surface area contributed by atoms with Crippen LogP contribution in [0.15, 0.2) is 42.5 Å². The van der Waals surface area contributed by atoms with E-state index < -0.39 is 17.5 Å².